The van der Waals surface area contributed by atoms with Gasteiger partial charge in [-0.15, -0.1) is 11.8 Å². The van der Waals surface area contributed by atoms with Crippen LogP contribution in [-0.2, 0) is 4.74 Å². The fraction of sp³-hybridized carbons (Fsp3) is 0.833. The average molecular weight is 195 g/mol. The Hall–Kier alpha value is -0.520. The maximum absolute atomic E-state index is 5.41. The van der Waals surface area contributed by atoms with E-state index in [1.54, 1.807) is 0 Å². The van der Waals surface area contributed by atoms with E-state index < -0.39 is 0 Å². The maximum atomic E-state index is 5.41. The molecule has 2 atom stereocenters. The van der Waals surface area contributed by atoms with Gasteiger partial charge in [0.2, 0.25) is 0 Å². The lowest BCUT2D eigenvalue weighted by Gasteiger charge is -2.21. The highest BCUT2D eigenvalue weighted by Gasteiger charge is 2.24. The standard InChI is InChI=1S/C12H21NO/c1-3-5-6-12(13-8-4-2)11-7-9-14-10-11/h11-13H,4,6-10H2,1-2H3. The molecular formula is C12H21NO. The van der Waals surface area contributed by atoms with E-state index >= 15 is 0 Å². The minimum absolute atomic E-state index is 0.532. The van der Waals surface area contributed by atoms with E-state index in [1.807, 2.05) is 6.92 Å². The second-order valence-corrected chi connectivity index (χ2v) is 3.82. The van der Waals surface area contributed by atoms with Gasteiger partial charge in [-0.3, -0.25) is 0 Å². The van der Waals surface area contributed by atoms with Crippen molar-refractivity contribution in [3.8, 4) is 11.8 Å². The molecule has 2 nitrogen and oxygen atoms in total. The van der Waals surface area contributed by atoms with E-state index in [2.05, 4.69) is 24.1 Å². The lowest BCUT2D eigenvalue weighted by atomic mass is 9.96. The summed E-state index contributed by atoms with van der Waals surface area (Å²) in [6.45, 7) is 7.02. The normalized spacial score (nSPS) is 22.9. The van der Waals surface area contributed by atoms with Crippen molar-refractivity contribution in [1.29, 1.82) is 0 Å². The van der Waals surface area contributed by atoms with E-state index in [9.17, 15) is 0 Å². The summed E-state index contributed by atoms with van der Waals surface area (Å²) in [5.41, 5.74) is 0. The van der Waals surface area contributed by atoms with E-state index in [0.29, 0.717) is 12.0 Å². The molecule has 14 heavy (non-hydrogen) atoms. The smallest absolute Gasteiger partial charge is 0.0510 e. The van der Waals surface area contributed by atoms with Gasteiger partial charge in [-0.2, -0.15) is 0 Å². The molecule has 1 N–H and O–H groups in total. The minimum atomic E-state index is 0.532. The summed E-state index contributed by atoms with van der Waals surface area (Å²) in [6, 6.07) is 0.532. The molecule has 0 bridgehead atoms. The molecule has 1 saturated heterocycles. The lowest BCUT2D eigenvalue weighted by Crippen LogP contribution is -2.36. The van der Waals surface area contributed by atoms with E-state index in [-0.39, 0.29) is 0 Å². The Morgan fingerprint density at radius 1 is 1.57 bits per heavy atom. The molecule has 0 spiro atoms. The zero-order valence-corrected chi connectivity index (χ0v) is 9.31. The zero-order valence-electron chi connectivity index (χ0n) is 9.31. The molecule has 0 aliphatic carbocycles. The fourth-order valence-electron chi connectivity index (χ4n) is 1.82. The number of hydrogen-bond acceptors (Lipinski definition) is 2. The van der Waals surface area contributed by atoms with Crippen molar-refractivity contribution in [3.63, 3.8) is 0 Å². The predicted octanol–water partition coefficient (Wildman–Crippen LogP) is 1.80. The van der Waals surface area contributed by atoms with Crippen molar-refractivity contribution < 1.29 is 4.74 Å². The summed E-state index contributed by atoms with van der Waals surface area (Å²) >= 11 is 0. The summed E-state index contributed by atoms with van der Waals surface area (Å²) < 4.78 is 5.41. The third kappa shape index (κ3) is 3.69. The fourth-order valence-corrected chi connectivity index (χ4v) is 1.82. The van der Waals surface area contributed by atoms with E-state index in [1.165, 1.54) is 12.8 Å². The van der Waals surface area contributed by atoms with Crippen molar-refractivity contribution in [1.82, 2.24) is 5.32 Å². The van der Waals surface area contributed by atoms with Crippen LogP contribution in [0.15, 0.2) is 0 Å². The van der Waals surface area contributed by atoms with Crippen LogP contribution in [0.2, 0.25) is 0 Å². The first-order valence-electron chi connectivity index (χ1n) is 5.59. The molecule has 1 heterocycles. The zero-order chi connectivity index (χ0) is 10.2. The molecule has 1 aliphatic rings. The van der Waals surface area contributed by atoms with Crippen molar-refractivity contribution in [2.45, 2.75) is 39.2 Å². The molecular weight excluding hydrogens is 174 g/mol. The topological polar surface area (TPSA) is 21.3 Å². The Kier molecular flexibility index (Phi) is 5.66. The van der Waals surface area contributed by atoms with Crippen LogP contribution in [0.5, 0.6) is 0 Å². The van der Waals surface area contributed by atoms with Gasteiger partial charge in [-0.25, -0.2) is 0 Å². The summed E-state index contributed by atoms with van der Waals surface area (Å²) in [7, 11) is 0. The number of ether oxygens (including phenoxy) is 1. The van der Waals surface area contributed by atoms with Gasteiger partial charge in [0, 0.05) is 25.0 Å². The van der Waals surface area contributed by atoms with Gasteiger partial charge in [-0.1, -0.05) is 6.92 Å². The molecule has 2 unspecified atom stereocenters. The van der Waals surface area contributed by atoms with Gasteiger partial charge < -0.3 is 10.1 Å². The van der Waals surface area contributed by atoms with Crippen molar-refractivity contribution >= 4 is 0 Å². The summed E-state index contributed by atoms with van der Waals surface area (Å²) in [5.74, 6) is 6.80. The Balaban J connectivity index is 2.36. The van der Waals surface area contributed by atoms with Gasteiger partial charge in [0.25, 0.3) is 0 Å². The van der Waals surface area contributed by atoms with Gasteiger partial charge in [0.15, 0.2) is 0 Å². The van der Waals surface area contributed by atoms with Crippen LogP contribution in [0, 0.1) is 17.8 Å². The van der Waals surface area contributed by atoms with Gasteiger partial charge in [0.1, 0.15) is 0 Å². The van der Waals surface area contributed by atoms with Crippen LogP contribution < -0.4 is 5.32 Å². The first-order chi connectivity index (χ1) is 6.88. The average Bonchev–Trinajstić information content (AvgIpc) is 2.71. The van der Waals surface area contributed by atoms with Crippen molar-refractivity contribution in [2.24, 2.45) is 5.92 Å². The molecule has 2 heteroatoms. The minimum Gasteiger partial charge on any atom is -0.381 e. The van der Waals surface area contributed by atoms with Crippen LogP contribution in [0.1, 0.15) is 33.1 Å². The molecule has 0 saturated carbocycles. The Labute approximate surface area is 87.4 Å². The van der Waals surface area contributed by atoms with E-state index in [0.717, 1.165) is 26.2 Å². The molecule has 0 aromatic carbocycles. The van der Waals surface area contributed by atoms with Gasteiger partial charge >= 0.3 is 0 Å². The summed E-state index contributed by atoms with van der Waals surface area (Å²) in [4.78, 5) is 0. The molecule has 1 rings (SSSR count). The van der Waals surface area contributed by atoms with Crippen LogP contribution >= 0.6 is 0 Å². The Morgan fingerprint density at radius 2 is 2.43 bits per heavy atom. The molecule has 0 aromatic heterocycles. The molecule has 1 fully saturated rings. The Bertz CT molecular complexity index is 198. The molecule has 0 aromatic rings. The number of hydrogen-bond donors (Lipinski definition) is 1. The Morgan fingerprint density at radius 3 is 3.00 bits per heavy atom. The third-order valence-corrected chi connectivity index (χ3v) is 2.69. The highest BCUT2D eigenvalue weighted by molar-refractivity contribution is 4.99. The van der Waals surface area contributed by atoms with Gasteiger partial charge in [0.05, 0.1) is 6.61 Å². The van der Waals surface area contributed by atoms with Crippen molar-refractivity contribution in [2.75, 3.05) is 19.8 Å². The van der Waals surface area contributed by atoms with E-state index in [4.69, 9.17) is 4.74 Å². The van der Waals surface area contributed by atoms with Crippen LogP contribution in [0.4, 0.5) is 0 Å². The van der Waals surface area contributed by atoms with Gasteiger partial charge in [-0.05, 0) is 26.3 Å². The van der Waals surface area contributed by atoms with Crippen LogP contribution in [-0.4, -0.2) is 25.8 Å². The molecule has 0 radical (unpaired) electrons. The number of rotatable bonds is 5. The molecule has 1 aliphatic heterocycles. The molecule has 80 valence electrons. The highest BCUT2D eigenvalue weighted by atomic mass is 16.5. The summed E-state index contributed by atoms with van der Waals surface area (Å²) in [6.07, 6.45) is 3.33. The quantitative estimate of drug-likeness (QED) is 0.675. The van der Waals surface area contributed by atoms with Crippen LogP contribution in [0.25, 0.3) is 0 Å². The monoisotopic (exact) mass is 195 g/mol. The second kappa shape index (κ2) is 6.86. The van der Waals surface area contributed by atoms with Crippen molar-refractivity contribution in [3.05, 3.63) is 0 Å². The third-order valence-electron chi connectivity index (χ3n) is 2.69. The second-order valence-electron chi connectivity index (χ2n) is 3.82. The summed E-state index contributed by atoms with van der Waals surface area (Å²) in [5, 5.41) is 3.56. The largest absolute Gasteiger partial charge is 0.381 e. The maximum Gasteiger partial charge on any atom is 0.0510 e. The first-order valence-corrected chi connectivity index (χ1v) is 5.59. The highest BCUT2D eigenvalue weighted by Crippen LogP contribution is 2.18. The van der Waals surface area contributed by atoms with Crippen LogP contribution in [0.3, 0.4) is 0 Å². The molecule has 0 amide bonds. The lowest BCUT2D eigenvalue weighted by molar-refractivity contribution is 0.177. The SMILES string of the molecule is CC#CCC(NCCC)C1CCOC1. The number of nitrogens with one attached hydrogen (secondary N) is 1. The first kappa shape index (κ1) is 11.6. The predicted molar refractivity (Wildman–Crippen MR) is 59.1 cm³/mol.